The van der Waals surface area contributed by atoms with Gasteiger partial charge in [0.1, 0.15) is 10.6 Å². The van der Waals surface area contributed by atoms with Gasteiger partial charge in [0.2, 0.25) is 0 Å². The highest BCUT2D eigenvalue weighted by Gasteiger charge is 2.18. The van der Waals surface area contributed by atoms with Crippen LogP contribution in [0.2, 0.25) is 5.02 Å². The number of benzene rings is 1. The molecule has 0 spiro atoms. The van der Waals surface area contributed by atoms with Gasteiger partial charge in [0.25, 0.3) is 5.91 Å². The van der Waals surface area contributed by atoms with E-state index in [-0.39, 0.29) is 5.91 Å². The summed E-state index contributed by atoms with van der Waals surface area (Å²) < 4.78 is 3.87. The predicted molar refractivity (Wildman–Crippen MR) is 82.6 cm³/mol. The van der Waals surface area contributed by atoms with E-state index in [1.165, 1.54) is 11.3 Å². The number of halogens is 1. The van der Waals surface area contributed by atoms with Crippen molar-refractivity contribution in [3.8, 4) is 10.6 Å². The van der Waals surface area contributed by atoms with Crippen molar-refractivity contribution in [3.63, 3.8) is 0 Å². The maximum absolute atomic E-state index is 12.3. The molecule has 1 N–H and O–H groups in total. The van der Waals surface area contributed by atoms with E-state index in [1.807, 2.05) is 17.5 Å². The summed E-state index contributed by atoms with van der Waals surface area (Å²) in [4.78, 5) is 13.7. The Morgan fingerprint density at radius 2 is 2.15 bits per heavy atom. The van der Waals surface area contributed by atoms with E-state index >= 15 is 0 Å². The average molecular weight is 322 g/mol. The first-order valence-corrected chi connectivity index (χ1v) is 7.70. The Kier molecular flexibility index (Phi) is 3.77. The fourth-order valence-corrected chi connectivity index (χ4v) is 3.21. The molecular formula is C13H8ClN3OS2. The van der Waals surface area contributed by atoms with Crippen molar-refractivity contribution in [1.82, 2.24) is 9.59 Å². The number of nitrogens with zero attached hydrogens (tertiary/aromatic N) is 2. The second-order valence-corrected chi connectivity index (χ2v) is 6.03. The zero-order valence-electron chi connectivity index (χ0n) is 10.0. The van der Waals surface area contributed by atoms with Crippen LogP contribution in [-0.4, -0.2) is 15.5 Å². The fraction of sp³-hybridized carbons (Fsp3) is 0. The van der Waals surface area contributed by atoms with Crippen molar-refractivity contribution in [3.05, 3.63) is 51.7 Å². The van der Waals surface area contributed by atoms with Gasteiger partial charge in [-0.3, -0.25) is 4.79 Å². The third-order valence-corrected chi connectivity index (χ3v) is 4.37. The maximum atomic E-state index is 12.3. The Bertz CT molecular complexity index is 740. The van der Waals surface area contributed by atoms with Crippen LogP contribution in [0.4, 0.5) is 5.69 Å². The summed E-state index contributed by atoms with van der Waals surface area (Å²) in [6.45, 7) is 0. The molecule has 1 aromatic carbocycles. The van der Waals surface area contributed by atoms with E-state index in [4.69, 9.17) is 11.6 Å². The van der Waals surface area contributed by atoms with E-state index in [0.29, 0.717) is 21.3 Å². The van der Waals surface area contributed by atoms with Gasteiger partial charge in [-0.1, -0.05) is 28.2 Å². The number of carbonyl (C=O) groups is 1. The van der Waals surface area contributed by atoms with E-state index in [1.54, 1.807) is 24.3 Å². The van der Waals surface area contributed by atoms with Gasteiger partial charge in [0.05, 0.1) is 4.88 Å². The van der Waals surface area contributed by atoms with Gasteiger partial charge < -0.3 is 5.32 Å². The monoisotopic (exact) mass is 321 g/mol. The van der Waals surface area contributed by atoms with Gasteiger partial charge in [-0.25, -0.2) is 0 Å². The molecule has 0 atom stereocenters. The third kappa shape index (κ3) is 2.72. The highest BCUT2D eigenvalue weighted by atomic mass is 35.5. The molecule has 2 aromatic heterocycles. The number of rotatable bonds is 3. The molecule has 100 valence electrons. The fourth-order valence-electron chi connectivity index (χ4n) is 1.67. The van der Waals surface area contributed by atoms with Gasteiger partial charge in [-0.05, 0) is 41.2 Å². The molecule has 0 aliphatic carbocycles. The number of nitrogens with one attached hydrogen (secondary N) is 1. The first-order valence-electron chi connectivity index (χ1n) is 5.67. The van der Waals surface area contributed by atoms with Crippen LogP contribution >= 0.6 is 34.5 Å². The van der Waals surface area contributed by atoms with Gasteiger partial charge in [0.15, 0.2) is 0 Å². The molecule has 0 bridgehead atoms. The predicted octanol–water partition coefficient (Wildman–Crippen LogP) is 4.17. The molecule has 3 rings (SSSR count). The van der Waals surface area contributed by atoms with Gasteiger partial charge in [-0.15, -0.1) is 16.4 Å². The summed E-state index contributed by atoms with van der Waals surface area (Å²) in [6.07, 6.45) is 0. The third-order valence-electron chi connectivity index (χ3n) is 2.53. The van der Waals surface area contributed by atoms with Crippen molar-refractivity contribution in [2.75, 3.05) is 5.32 Å². The van der Waals surface area contributed by atoms with Crippen LogP contribution in [0.1, 0.15) is 9.67 Å². The molecule has 0 aliphatic rings. The Labute approximate surface area is 128 Å². The number of thiophene rings is 1. The zero-order valence-corrected chi connectivity index (χ0v) is 12.4. The average Bonchev–Trinajstić information content (AvgIpc) is 3.09. The molecule has 0 saturated heterocycles. The molecular weight excluding hydrogens is 314 g/mol. The van der Waals surface area contributed by atoms with E-state index in [9.17, 15) is 4.79 Å². The normalized spacial score (nSPS) is 10.4. The maximum Gasteiger partial charge on any atom is 0.269 e. The number of hydrogen-bond acceptors (Lipinski definition) is 5. The van der Waals surface area contributed by atoms with Crippen LogP contribution in [0.3, 0.4) is 0 Å². The Morgan fingerprint density at radius 1 is 1.25 bits per heavy atom. The van der Waals surface area contributed by atoms with Crippen LogP contribution in [0.5, 0.6) is 0 Å². The number of anilines is 1. The summed E-state index contributed by atoms with van der Waals surface area (Å²) >= 11 is 8.50. The first-order chi connectivity index (χ1) is 9.74. The van der Waals surface area contributed by atoms with E-state index in [0.717, 1.165) is 16.4 Å². The van der Waals surface area contributed by atoms with Gasteiger partial charge >= 0.3 is 0 Å². The number of aromatic nitrogens is 2. The summed E-state index contributed by atoms with van der Waals surface area (Å²) in [6, 6.07) is 10.8. The van der Waals surface area contributed by atoms with E-state index in [2.05, 4.69) is 14.9 Å². The first kappa shape index (κ1) is 13.2. The summed E-state index contributed by atoms with van der Waals surface area (Å²) in [7, 11) is 0. The molecule has 1 amide bonds. The number of amides is 1. The molecule has 0 aliphatic heterocycles. The minimum Gasteiger partial charge on any atom is -0.321 e. The topological polar surface area (TPSA) is 54.9 Å². The smallest absolute Gasteiger partial charge is 0.269 e. The molecule has 0 unspecified atom stereocenters. The molecule has 3 aromatic rings. The molecule has 0 radical (unpaired) electrons. The lowest BCUT2D eigenvalue weighted by Gasteiger charge is -2.04. The van der Waals surface area contributed by atoms with Crippen molar-refractivity contribution < 1.29 is 4.79 Å². The molecule has 4 nitrogen and oxygen atoms in total. The SMILES string of the molecule is O=C(Nc1cccc(Cl)c1)c1snnc1-c1cccs1. The van der Waals surface area contributed by atoms with Crippen molar-refractivity contribution in [2.45, 2.75) is 0 Å². The van der Waals surface area contributed by atoms with Crippen LogP contribution < -0.4 is 5.32 Å². The Morgan fingerprint density at radius 3 is 2.90 bits per heavy atom. The number of carbonyl (C=O) groups excluding carboxylic acids is 1. The Hall–Kier alpha value is -1.76. The second kappa shape index (κ2) is 5.70. The van der Waals surface area contributed by atoms with E-state index < -0.39 is 0 Å². The lowest BCUT2D eigenvalue weighted by molar-refractivity contribution is 0.103. The molecule has 2 heterocycles. The van der Waals surface area contributed by atoms with Crippen molar-refractivity contribution in [2.24, 2.45) is 0 Å². The standard InChI is InChI=1S/C13H8ClN3OS2/c14-8-3-1-4-9(7-8)15-13(18)12-11(16-17-20-12)10-5-2-6-19-10/h1-7H,(H,15,18). The second-order valence-electron chi connectivity index (χ2n) is 3.89. The summed E-state index contributed by atoms with van der Waals surface area (Å²) in [5.74, 6) is -0.231. The molecule has 0 fully saturated rings. The molecule has 7 heteroatoms. The van der Waals surface area contributed by atoms with Crippen molar-refractivity contribution in [1.29, 1.82) is 0 Å². The largest absolute Gasteiger partial charge is 0.321 e. The lowest BCUT2D eigenvalue weighted by atomic mass is 10.2. The van der Waals surface area contributed by atoms with Crippen molar-refractivity contribution >= 4 is 46.1 Å². The van der Waals surface area contributed by atoms with Gasteiger partial charge in [-0.2, -0.15) is 0 Å². The highest BCUT2D eigenvalue weighted by molar-refractivity contribution is 7.14. The molecule has 20 heavy (non-hydrogen) atoms. The molecule has 0 saturated carbocycles. The lowest BCUT2D eigenvalue weighted by Crippen LogP contribution is -2.11. The zero-order chi connectivity index (χ0) is 13.9. The number of hydrogen-bond donors (Lipinski definition) is 1. The van der Waals surface area contributed by atoms with Crippen LogP contribution in [0.25, 0.3) is 10.6 Å². The van der Waals surface area contributed by atoms with Crippen LogP contribution in [0, 0.1) is 0 Å². The summed E-state index contributed by atoms with van der Waals surface area (Å²) in [5.41, 5.74) is 1.26. The van der Waals surface area contributed by atoms with Crippen LogP contribution in [0.15, 0.2) is 41.8 Å². The Balaban J connectivity index is 1.87. The minimum atomic E-state index is -0.231. The van der Waals surface area contributed by atoms with Gasteiger partial charge in [0, 0.05) is 10.7 Å². The van der Waals surface area contributed by atoms with Crippen LogP contribution in [-0.2, 0) is 0 Å². The summed E-state index contributed by atoms with van der Waals surface area (Å²) in [5, 5.41) is 9.34. The quantitative estimate of drug-likeness (QED) is 0.787. The minimum absolute atomic E-state index is 0.231. The highest BCUT2D eigenvalue weighted by Crippen LogP contribution is 2.28.